The zero-order valence-corrected chi connectivity index (χ0v) is 17.5. The molecule has 0 unspecified atom stereocenters. The third kappa shape index (κ3) is 3.49. The van der Waals surface area contributed by atoms with E-state index in [2.05, 4.69) is 25.3 Å². The fourth-order valence-corrected chi connectivity index (χ4v) is 4.35. The minimum Gasteiger partial charge on any atom is -0.346 e. The Hall–Kier alpha value is -3.85. The van der Waals surface area contributed by atoms with Gasteiger partial charge in [-0.25, -0.2) is 19.3 Å². The minimum absolute atomic E-state index is 0.123. The smallest absolute Gasteiger partial charge is 0.259 e. The van der Waals surface area contributed by atoms with Gasteiger partial charge in [0.05, 0.1) is 32.7 Å². The summed E-state index contributed by atoms with van der Waals surface area (Å²) in [6, 6.07) is 10.4. The number of aromatic amines is 1. The van der Waals surface area contributed by atoms with Crippen LogP contribution in [0, 0.1) is 12.7 Å². The first-order valence-corrected chi connectivity index (χ1v) is 10.3. The van der Waals surface area contributed by atoms with Crippen LogP contribution in [0.5, 0.6) is 0 Å². The minimum atomic E-state index is -0.589. The molecule has 0 spiro atoms. The molecule has 5 aromatic rings. The Balaban J connectivity index is 1.52. The number of aromatic nitrogens is 4. The van der Waals surface area contributed by atoms with Gasteiger partial charge < -0.3 is 15.2 Å². The van der Waals surface area contributed by atoms with Gasteiger partial charge in [-0.3, -0.25) is 4.79 Å². The molecule has 2 N–H and O–H groups in total. The van der Waals surface area contributed by atoms with Crippen molar-refractivity contribution in [3.05, 3.63) is 71.4 Å². The van der Waals surface area contributed by atoms with Gasteiger partial charge in [0.2, 0.25) is 0 Å². The first kappa shape index (κ1) is 19.1. The number of fused-ring (bicyclic) bond motifs is 2. The summed E-state index contributed by atoms with van der Waals surface area (Å²) in [5.41, 5.74) is 3.01. The van der Waals surface area contributed by atoms with E-state index in [0.29, 0.717) is 17.2 Å². The molecule has 9 heteroatoms. The lowest BCUT2D eigenvalue weighted by Crippen LogP contribution is -2.20. The maximum atomic E-state index is 14.0. The summed E-state index contributed by atoms with van der Waals surface area (Å²) in [7, 11) is 1.78. The van der Waals surface area contributed by atoms with Crippen LogP contribution in [0.1, 0.15) is 15.4 Å². The number of hydrogen-bond donors (Lipinski definition) is 2. The van der Waals surface area contributed by atoms with Crippen LogP contribution < -0.4 is 10.2 Å². The maximum Gasteiger partial charge on any atom is 0.259 e. The summed E-state index contributed by atoms with van der Waals surface area (Å²) in [5.74, 6) is -0.716. The highest BCUT2D eigenvalue weighted by atomic mass is 32.1. The predicted molar refractivity (Wildman–Crippen MR) is 121 cm³/mol. The Morgan fingerprint density at radius 1 is 1.19 bits per heavy atom. The first-order valence-electron chi connectivity index (χ1n) is 9.49. The van der Waals surface area contributed by atoms with Crippen LogP contribution in [0.25, 0.3) is 21.3 Å². The molecule has 0 saturated heterocycles. The molecule has 4 heterocycles. The van der Waals surface area contributed by atoms with E-state index >= 15 is 0 Å². The Labute approximate surface area is 180 Å². The van der Waals surface area contributed by atoms with Gasteiger partial charge in [-0.1, -0.05) is 0 Å². The van der Waals surface area contributed by atoms with Crippen molar-refractivity contribution in [3.8, 4) is 0 Å². The van der Waals surface area contributed by atoms with E-state index in [4.69, 9.17) is 0 Å². The standard InChI is InChI=1S/C22H17FN6OS/c1-12-27-17-10-14(3-4-19(17)31-12)28-22(30)16-9-13(23)11-26-21(16)29(2)18-6-8-25-20-15(18)5-7-24-20/h3-11H,1-2H3,(H,24,25)(H,28,30). The van der Waals surface area contributed by atoms with E-state index in [1.807, 2.05) is 25.1 Å². The summed E-state index contributed by atoms with van der Waals surface area (Å²) >= 11 is 1.59. The monoisotopic (exact) mass is 432 g/mol. The summed E-state index contributed by atoms with van der Waals surface area (Å²) in [6.07, 6.45) is 4.55. The van der Waals surface area contributed by atoms with Crippen molar-refractivity contribution in [1.82, 2.24) is 19.9 Å². The van der Waals surface area contributed by atoms with E-state index in [1.165, 1.54) is 6.07 Å². The number of benzene rings is 1. The Kier molecular flexibility index (Phi) is 4.59. The first-order chi connectivity index (χ1) is 15.0. The maximum absolute atomic E-state index is 14.0. The number of thiazole rings is 1. The number of carbonyl (C=O) groups is 1. The molecule has 0 aliphatic carbocycles. The van der Waals surface area contributed by atoms with Gasteiger partial charge in [-0.15, -0.1) is 11.3 Å². The quantitative estimate of drug-likeness (QED) is 0.416. The number of halogens is 1. The van der Waals surface area contributed by atoms with Crippen molar-refractivity contribution in [2.45, 2.75) is 6.92 Å². The fraction of sp³-hybridized carbons (Fsp3) is 0.0909. The molecule has 7 nitrogen and oxygen atoms in total. The number of aryl methyl sites for hydroxylation is 1. The molecule has 1 aromatic carbocycles. The van der Waals surface area contributed by atoms with Gasteiger partial charge in [-0.2, -0.15) is 0 Å². The largest absolute Gasteiger partial charge is 0.346 e. The van der Waals surface area contributed by atoms with Crippen molar-refractivity contribution in [3.63, 3.8) is 0 Å². The summed E-state index contributed by atoms with van der Waals surface area (Å²) in [6.45, 7) is 1.93. The van der Waals surface area contributed by atoms with E-state index < -0.39 is 11.7 Å². The number of pyridine rings is 2. The number of nitrogens with one attached hydrogen (secondary N) is 2. The summed E-state index contributed by atoms with van der Waals surface area (Å²) < 4.78 is 15.1. The molecule has 0 fully saturated rings. The third-order valence-corrected chi connectivity index (χ3v) is 5.90. The lowest BCUT2D eigenvalue weighted by molar-refractivity contribution is 0.102. The number of carbonyl (C=O) groups excluding carboxylic acids is 1. The zero-order valence-electron chi connectivity index (χ0n) is 16.7. The number of rotatable bonds is 4. The molecule has 1 amide bonds. The van der Waals surface area contributed by atoms with Crippen LogP contribution in [-0.2, 0) is 0 Å². The molecule has 31 heavy (non-hydrogen) atoms. The normalized spacial score (nSPS) is 11.2. The van der Waals surface area contributed by atoms with Gasteiger partial charge in [0, 0.05) is 30.5 Å². The molecule has 0 aliphatic heterocycles. The van der Waals surface area contributed by atoms with Crippen molar-refractivity contribution in [1.29, 1.82) is 0 Å². The van der Waals surface area contributed by atoms with Crippen LogP contribution >= 0.6 is 11.3 Å². The van der Waals surface area contributed by atoms with Gasteiger partial charge in [0.15, 0.2) is 0 Å². The number of amides is 1. The average molecular weight is 432 g/mol. The topological polar surface area (TPSA) is 86.8 Å². The van der Waals surface area contributed by atoms with Crippen LogP contribution in [0.15, 0.2) is 55.0 Å². The molecular weight excluding hydrogens is 415 g/mol. The van der Waals surface area contributed by atoms with Crippen molar-refractivity contribution in [2.75, 3.05) is 17.3 Å². The molecular formula is C22H17FN6OS. The van der Waals surface area contributed by atoms with Gasteiger partial charge in [0.1, 0.15) is 17.3 Å². The predicted octanol–water partition coefficient (Wildman–Crippen LogP) is 5.04. The lowest BCUT2D eigenvalue weighted by atomic mass is 10.2. The second kappa shape index (κ2) is 7.44. The highest BCUT2D eigenvalue weighted by Gasteiger charge is 2.20. The van der Waals surface area contributed by atoms with Gasteiger partial charge >= 0.3 is 0 Å². The van der Waals surface area contributed by atoms with E-state index in [1.54, 1.807) is 47.8 Å². The van der Waals surface area contributed by atoms with Crippen LogP contribution in [0.4, 0.5) is 21.6 Å². The number of anilines is 3. The van der Waals surface area contributed by atoms with Crippen molar-refractivity contribution in [2.24, 2.45) is 0 Å². The second-order valence-electron chi connectivity index (χ2n) is 7.02. The number of H-pyrrole nitrogens is 1. The SMILES string of the molecule is Cc1nc2cc(NC(=O)c3cc(F)cnc3N(C)c3ccnc4[nH]ccc34)ccc2s1. The van der Waals surface area contributed by atoms with Gasteiger partial charge in [-0.05, 0) is 43.3 Å². The Bertz CT molecular complexity index is 1440. The van der Waals surface area contributed by atoms with Crippen molar-refractivity contribution < 1.29 is 9.18 Å². The molecule has 0 bridgehead atoms. The summed E-state index contributed by atoms with van der Waals surface area (Å²) in [4.78, 5) is 30.9. The number of hydrogen-bond acceptors (Lipinski definition) is 6. The molecule has 0 aliphatic rings. The fourth-order valence-electron chi connectivity index (χ4n) is 3.54. The van der Waals surface area contributed by atoms with E-state index in [0.717, 1.165) is 32.5 Å². The zero-order chi connectivity index (χ0) is 21.5. The lowest BCUT2D eigenvalue weighted by Gasteiger charge is -2.21. The van der Waals surface area contributed by atoms with Crippen LogP contribution in [0.2, 0.25) is 0 Å². The Morgan fingerprint density at radius 3 is 2.94 bits per heavy atom. The second-order valence-corrected chi connectivity index (χ2v) is 8.26. The summed E-state index contributed by atoms with van der Waals surface area (Å²) in [5, 5.41) is 4.66. The van der Waals surface area contributed by atoms with E-state index in [9.17, 15) is 9.18 Å². The number of nitrogens with zero attached hydrogens (tertiary/aromatic N) is 4. The molecule has 0 saturated carbocycles. The Morgan fingerprint density at radius 2 is 2.06 bits per heavy atom. The molecule has 0 radical (unpaired) electrons. The molecule has 4 aromatic heterocycles. The third-order valence-electron chi connectivity index (χ3n) is 4.95. The van der Waals surface area contributed by atoms with Crippen LogP contribution in [-0.4, -0.2) is 32.9 Å². The molecule has 154 valence electrons. The van der Waals surface area contributed by atoms with E-state index in [-0.39, 0.29) is 5.56 Å². The molecule has 0 atom stereocenters. The highest BCUT2D eigenvalue weighted by molar-refractivity contribution is 7.18. The van der Waals surface area contributed by atoms with Crippen molar-refractivity contribution >= 4 is 55.7 Å². The molecule has 5 rings (SSSR count). The average Bonchev–Trinajstić information content (AvgIpc) is 3.38. The highest BCUT2D eigenvalue weighted by Crippen LogP contribution is 2.31. The van der Waals surface area contributed by atoms with Gasteiger partial charge in [0.25, 0.3) is 5.91 Å². The van der Waals surface area contributed by atoms with Crippen LogP contribution in [0.3, 0.4) is 0 Å².